The summed E-state index contributed by atoms with van der Waals surface area (Å²) < 4.78 is 11.4. The van der Waals surface area contributed by atoms with E-state index in [4.69, 9.17) is 21.7 Å². The van der Waals surface area contributed by atoms with Crippen LogP contribution in [-0.2, 0) is 0 Å². The maximum atomic E-state index is 12.2. The lowest BCUT2D eigenvalue weighted by molar-refractivity contribution is 0.0977. The quantitative estimate of drug-likeness (QED) is 0.455. The molecule has 3 rings (SSSR count). The van der Waals surface area contributed by atoms with Crippen molar-refractivity contribution in [2.45, 2.75) is 0 Å². The number of hydrogen-bond acceptors (Lipinski definition) is 5. The molecule has 0 atom stereocenters. The molecule has 0 spiro atoms. The van der Waals surface area contributed by atoms with Crippen LogP contribution in [0.2, 0.25) is 0 Å². The summed E-state index contributed by atoms with van der Waals surface area (Å²) in [5, 5.41) is 15.3. The van der Waals surface area contributed by atoms with Gasteiger partial charge in [0.1, 0.15) is 5.75 Å². The van der Waals surface area contributed by atoms with Crippen LogP contribution in [0.5, 0.6) is 17.2 Å². The highest BCUT2D eigenvalue weighted by Crippen LogP contribution is 2.35. The smallest absolute Gasteiger partial charge is 0.257 e. The Labute approximate surface area is 159 Å². The lowest BCUT2D eigenvalue weighted by atomic mass is 10.2. The minimum Gasteiger partial charge on any atom is -0.506 e. The molecule has 24 heavy (non-hydrogen) atoms. The van der Waals surface area contributed by atoms with Gasteiger partial charge in [-0.2, -0.15) is 0 Å². The van der Waals surface area contributed by atoms with Gasteiger partial charge < -0.3 is 19.9 Å². The minimum absolute atomic E-state index is 0.0795. The maximum absolute atomic E-state index is 12.2. The molecule has 0 radical (unpaired) electrons. The van der Waals surface area contributed by atoms with Gasteiger partial charge in [-0.25, -0.2) is 0 Å². The van der Waals surface area contributed by atoms with Gasteiger partial charge in [0.05, 0.1) is 8.95 Å². The number of fused-ring (bicyclic) bond motifs is 1. The summed E-state index contributed by atoms with van der Waals surface area (Å²) >= 11 is 11.6. The average molecular weight is 474 g/mol. The molecular weight excluding hydrogens is 464 g/mol. The summed E-state index contributed by atoms with van der Waals surface area (Å²) in [4.78, 5) is 12.2. The Morgan fingerprint density at radius 3 is 2.50 bits per heavy atom. The van der Waals surface area contributed by atoms with Gasteiger partial charge in [-0.3, -0.25) is 10.1 Å². The number of hydrogen-bond donors (Lipinski definition) is 3. The van der Waals surface area contributed by atoms with Crippen molar-refractivity contribution < 1.29 is 19.4 Å². The molecule has 0 fully saturated rings. The van der Waals surface area contributed by atoms with E-state index in [0.29, 0.717) is 31.7 Å². The fraction of sp³-hybridized carbons (Fsp3) is 0.0667. The van der Waals surface area contributed by atoms with Gasteiger partial charge in [-0.05, 0) is 74.4 Å². The second kappa shape index (κ2) is 6.96. The van der Waals surface area contributed by atoms with Gasteiger partial charge in [0.25, 0.3) is 5.91 Å². The highest BCUT2D eigenvalue weighted by Gasteiger charge is 2.17. The SMILES string of the molecule is O=C(NC(=S)Nc1cc(Br)c(O)c(Br)c1)c1ccc2c(c1)OCO2. The topological polar surface area (TPSA) is 79.8 Å². The largest absolute Gasteiger partial charge is 0.506 e. The Balaban J connectivity index is 1.67. The zero-order valence-electron chi connectivity index (χ0n) is 11.9. The number of carbonyl (C=O) groups is 1. The Morgan fingerprint density at radius 1 is 1.12 bits per heavy atom. The van der Waals surface area contributed by atoms with Crippen LogP contribution in [0.25, 0.3) is 0 Å². The third kappa shape index (κ3) is 3.63. The van der Waals surface area contributed by atoms with Gasteiger partial charge in [0.15, 0.2) is 16.6 Å². The molecule has 9 heteroatoms. The molecule has 2 aromatic rings. The molecule has 1 heterocycles. The van der Waals surface area contributed by atoms with Gasteiger partial charge >= 0.3 is 0 Å². The summed E-state index contributed by atoms with van der Waals surface area (Å²) in [7, 11) is 0. The monoisotopic (exact) mass is 472 g/mol. The lowest BCUT2D eigenvalue weighted by Crippen LogP contribution is -2.34. The van der Waals surface area contributed by atoms with Crippen LogP contribution in [-0.4, -0.2) is 22.9 Å². The summed E-state index contributed by atoms with van der Waals surface area (Å²) in [5.41, 5.74) is 0.999. The van der Waals surface area contributed by atoms with E-state index in [9.17, 15) is 9.90 Å². The van der Waals surface area contributed by atoms with E-state index in [-0.39, 0.29) is 23.6 Å². The third-order valence-corrected chi connectivity index (χ3v) is 4.55. The number of ether oxygens (including phenoxy) is 2. The van der Waals surface area contributed by atoms with Gasteiger partial charge in [-0.15, -0.1) is 0 Å². The molecule has 1 amide bonds. The molecule has 1 aliphatic heterocycles. The van der Waals surface area contributed by atoms with Crippen molar-refractivity contribution in [2.24, 2.45) is 0 Å². The molecule has 0 unspecified atom stereocenters. The first-order valence-corrected chi connectivity index (χ1v) is 8.63. The number of aromatic hydroxyl groups is 1. The zero-order valence-corrected chi connectivity index (χ0v) is 15.9. The van der Waals surface area contributed by atoms with E-state index < -0.39 is 0 Å². The van der Waals surface area contributed by atoms with Gasteiger partial charge in [0.2, 0.25) is 6.79 Å². The van der Waals surface area contributed by atoms with Crippen molar-refractivity contribution >= 4 is 60.8 Å². The fourth-order valence-corrected chi connectivity index (χ4v) is 3.41. The number of benzene rings is 2. The Kier molecular flexibility index (Phi) is 4.93. The van der Waals surface area contributed by atoms with E-state index in [1.807, 2.05) is 0 Å². The van der Waals surface area contributed by atoms with Gasteiger partial charge in [0, 0.05) is 11.3 Å². The van der Waals surface area contributed by atoms with Crippen molar-refractivity contribution in [3.05, 3.63) is 44.8 Å². The van der Waals surface area contributed by atoms with Gasteiger partial charge in [-0.1, -0.05) is 0 Å². The van der Waals surface area contributed by atoms with Crippen LogP contribution in [0.4, 0.5) is 5.69 Å². The van der Waals surface area contributed by atoms with E-state index in [1.54, 1.807) is 30.3 Å². The average Bonchev–Trinajstić information content (AvgIpc) is 2.99. The van der Waals surface area contributed by atoms with E-state index >= 15 is 0 Å². The predicted molar refractivity (Wildman–Crippen MR) is 99.8 cm³/mol. The standard InChI is InChI=1S/C15H10Br2N2O4S/c16-9-4-8(5-10(17)13(9)20)18-15(24)19-14(21)7-1-2-11-12(3-7)23-6-22-11/h1-5,20H,6H2,(H2,18,19,21,24). The van der Waals surface area contributed by atoms with Crippen molar-refractivity contribution in [3.8, 4) is 17.2 Å². The molecule has 6 nitrogen and oxygen atoms in total. The molecule has 0 saturated carbocycles. The highest BCUT2D eigenvalue weighted by molar-refractivity contribution is 9.11. The van der Waals surface area contributed by atoms with E-state index in [1.165, 1.54) is 0 Å². The molecule has 124 valence electrons. The third-order valence-electron chi connectivity index (χ3n) is 3.14. The van der Waals surface area contributed by atoms with Crippen LogP contribution in [0.1, 0.15) is 10.4 Å². The first-order chi connectivity index (χ1) is 11.4. The summed E-state index contributed by atoms with van der Waals surface area (Å²) in [5.74, 6) is 0.831. The summed E-state index contributed by atoms with van der Waals surface area (Å²) in [6.45, 7) is 0.144. The van der Waals surface area contributed by atoms with Crippen LogP contribution >= 0.6 is 44.1 Å². The molecule has 0 aromatic heterocycles. The second-order valence-corrected chi connectivity index (χ2v) is 6.88. The molecule has 0 bridgehead atoms. The van der Waals surface area contributed by atoms with Crippen LogP contribution in [0.15, 0.2) is 39.3 Å². The number of thiocarbonyl (C=S) groups is 1. The fourth-order valence-electron chi connectivity index (χ4n) is 2.01. The molecule has 1 aliphatic rings. The van der Waals surface area contributed by atoms with Crippen molar-refractivity contribution in [3.63, 3.8) is 0 Å². The number of halogens is 2. The van der Waals surface area contributed by atoms with Crippen molar-refractivity contribution in [1.82, 2.24) is 5.32 Å². The number of nitrogens with one attached hydrogen (secondary N) is 2. The molecule has 0 saturated heterocycles. The number of anilines is 1. The Morgan fingerprint density at radius 2 is 1.79 bits per heavy atom. The summed E-state index contributed by atoms with van der Waals surface area (Å²) in [6.07, 6.45) is 0. The number of phenolic OH excluding ortho intramolecular Hbond substituents is 1. The number of phenols is 1. The van der Waals surface area contributed by atoms with Crippen molar-refractivity contribution in [2.75, 3.05) is 12.1 Å². The van der Waals surface area contributed by atoms with Crippen LogP contribution in [0, 0.1) is 0 Å². The van der Waals surface area contributed by atoms with Crippen molar-refractivity contribution in [1.29, 1.82) is 0 Å². The zero-order chi connectivity index (χ0) is 17.3. The highest BCUT2D eigenvalue weighted by atomic mass is 79.9. The molecular formula is C15H10Br2N2O4S. The first kappa shape index (κ1) is 17.0. The number of rotatable bonds is 2. The Hall–Kier alpha value is -1.84. The number of carbonyl (C=O) groups excluding carboxylic acids is 1. The molecule has 3 N–H and O–H groups in total. The maximum Gasteiger partial charge on any atom is 0.257 e. The van der Waals surface area contributed by atoms with E-state index in [0.717, 1.165) is 0 Å². The predicted octanol–water partition coefficient (Wildman–Crippen LogP) is 3.77. The Bertz CT molecular complexity index is 821. The first-order valence-electron chi connectivity index (χ1n) is 6.64. The second-order valence-electron chi connectivity index (χ2n) is 4.76. The molecule has 2 aromatic carbocycles. The summed E-state index contributed by atoms with van der Waals surface area (Å²) in [6, 6.07) is 8.16. The van der Waals surface area contributed by atoms with Crippen LogP contribution in [0.3, 0.4) is 0 Å². The van der Waals surface area contributed by atoms with Crippen LogP contribution < -0.4 is 20.1 Å². The minimum atomic E-state index is -0.372. The lowest BCUT2D eigenvalue weighted by Gasteiger charge is -2.11. The number of amides is 1. The van der Waals surface area contributed by atoms with E-state index in [2.05, 4.69) is 42.5 Å². The normalized spacial score (nSPS) is 11.9. The molecule has 0 aliphatic carbocycles.